The normalized spacial score (nSPS) is 15.9. The van der Waals surface area contributed by atoms with E-state index in [2.05, 4.69) is 26.3 Å². The molecule has 1 N–H and O–H groups in total. The molecule has 4 rings (SSSR count). The molecule has 0 unspecified atom stereocenters. The van der Waals surface area contributed by atoms with Gasteiger partial charge in [-0.2, -0.15) is 0 Å². The molecule has 1 saturated carbocycles. The summed E-state index contributed by atoms with van der Waals surface area (Å²) in [6, 6.07) is 7.82. The third-order valence-corrected chi connectivity index (χ3v) is 4.84. The number of aromatic nitrogens is 3. The van der Waals surface area contributed by atoms with E-state index in [1.165, 1.54) is 0 Å². The summed E-state index contributed by atoms with van der Waals surface area (Å²) in [5.74, 6) is 1.51. The molecule has 0 amide bonds. The minimum absolute atomic E-state index is 0.0154. The quantitative estimate of drug-likeness (QED) is 0.783. The van der Waals surface area contributed by atoms with Crippen molar-refractivity contribution in [3.63, 3.8) is 0 Å². The van der Waals surface area contributed by atoms with Gasteiger partial charge in [-0.15, -0.1) is 11.3 Å². The largest absolute Gasteiger partial charge is 0.376 e. The average molecular weight is 312 g/mol. The Morgan fingerprint density at radius 3 is 2.91 bits per heavy atom. The van der Waals surface area contributed by atoms with E-state index in [9.17, 15) is 0 Å². The maximum absolute atomic E-state index is 5.56. The zero-order valence-electron chi connectivity index (χ0n) is 12.2. The highest BCUT2D eigenvalue weighted by Crippen LogP contribution is 2.39. The van der Waals surface area contributed by atoms with Gasteiger partial charge in [0.2, 0.25) is 0 Å². The van der Waals surface area contributed by atoms with Crippen molar-refractivity contribution < 1.29 is 4.74 Å². The van der Waals surface area contributed by atoms with E-state index in [4.69, 9.17) is 4.74 Å². The Balaban J connectivity index is 1.71. The third-order valence-electron chi connectivity index (χ3n) is 4.04. The van der Waals surface area contributed by atoms with Gasteiger partial charge in [0, 0.05) is 19.9 Å². The smallest absolute Gasteiger partial charge is 0.181 e. The molecule has 5 nitrogen and oxygen atoms in total. The van der Waals surface area contributed by atoms with Gasteiger partial charge >= 0.3 is 0 Å². The van der Waals surface area contributed by atoms with Crippen molar-refractivity contribution in [2.75, 3.05) is 19.0 Å². The highest BCUT2D eigenvalue weighted by atomic mass is 32.1. The fourth-order valence-electron chi connectivity index (χ4n) is 2.44. The highest BCUT2D eigenvalue weighted by Gasteiger charge is 2.42. The topological polar surface area (TPSA) is 59.9 Å². The minimum atomic E-state index is -0.0154. The summed E-state index contributed by atoms with van der Waals surface area (Å²) in [5.41, 5.74) is 0.770. The lowest BCUT2D eigenvalue weighted by atomic mass is 10.3. The summed E-state index contributed by atoms with van der Waals surface area (Å²) in [4.78, 5) is 14.6. The summed E-state index contributed by atoms with van der Waals surface area (Å²) in [5, 5.41) is 6.53. The maximum Gasteiger partial charge on any atom is 0.181 e. The number of pyridine rings is 1. The van der Waals surface area contributed by atoms with Crippen LogP contribution in [-0.2, 0) is 4.74 Å². The molecule has 0 bridgehead atoms. The molecule has 22 heavy (non-hydrogen) atoms. The summed E-state index contributed by atoms with van der Waals surface area (Å²) >= 11 is 1.61. The van der Waals surface area contributed by atoms with Crippen LogP contribution in [0.5, 0.6) is 0 Å². The Kier molecular flexibility index (Phi) is 3.28. The molecule has 1 aliphatic rings. The lowest BCUT2D eigenvalue weighted by Crippen LogP contribution is -2.24. The van der Waals surface area contributed by atoms with Crippen molar-refractivity contribution in [2.24, 2.45) is 0 Å². The van der Waals surface area contributed by atoms with Crippen LogP contribution in [0, 0.1) is 0 Å². The van der Waals surface area contributed by atoms with Crippen molar-refractivity contribution >= 4 is 27.4 Å². The first-order valence-electron chi connectivity index (χ1n) is 7.25. The van der Waals surface area contributed by atoms with E-state index < -0.39 is 0 Å². The van der Waals surface area contributed by atoms with Crippen LogP contribution in [-0.4, -0.2) is 34.2 Å². The Labute approximate surface area is 132 Å². The lowest BCUT2D eigenvalue weighted by molar-refractivity contribution is 0.0914. The second-order valence-electron chi connectivity index (χ2n) is 5.49. The van der Waals surface area contributed by atoms with E-state index in [0.29, 0.717) is 5.82 Å². The number of anilines is 1. The van der Waals surface area contributed by atoms with E-state index in [-0.39, 0.29) is 5.60 Å². The molecule has 3 aromatic heterocycles. The molecule has 0 spiro atoms. The first kappa shape index (κ1) is 13.6. The zero-order valence-corrected chi connectivity index (χ0v) is 13.1. The van der Waals surface area contributed by atoms with Gasteiger partial charge in [-0.05, 0) is 36.4 Å². The number of hydrogen-bond donors (Lipinski definition) is 1. The maximum atomic E-state index is 5.56. The van der Waals surface area contributed by atoms with Crippen LogP contribution in [0.4, 0.5) is 5.82 Å². The Morgan fingerprint density at radius 1 is 1.27 bits per heavy atom. The van der Waals surface area contributed by atoms with Crippen LogP contribution in [0.15, 0.2) is 35.8 Å². The van der Waals surface area contributed by atoms with Crippen LogP contribution in [0.2, 0.25) is 0 Å². The molecular weight excluding hydrogens is 296 g/mol. The van der Waals surface area contributed by atoms with E-state index in [1.54, 1.807) is 24.6 Å². The molecule has 0 saturated heterocycles. The van der Waals surface area contributed by atoms with Gasteiger partial charge in [-0.1, -0.05) is 6.07 Å². The first-order chi connectivity index (χ1) is 10.8. The number of hydrogen-bond acceptors (Lipinski definition) is 6. The number of fused-ring (bicyclic) bond motifs is 1. The predicted octanol–water partition coefficient (Wildman–Crippen LogP) is 3.34. The average Bonchev–Trinajstić information content (AvgIpc) is 3.20. The van der Waals surface area contributed by atoms with Crippen molar-refractivity contribution in [1.82, 2.24) is 15.0 Å². The van der Waals surface area contributed by atoms with Crippen LogP contribution >= 0.6 is 11.3 Å². The van der Waals surface area contributed by atoms with E-state index >= 15 is 0 Å². The van der Waals surface area contributed by atoms with Crippen LogP contribution < -0.4 is 5.32 Å². The number of methoxy groups -OCH3 is 1. The minimum Gasteiger partial charge on any atom is -0.376 e. The van der Waals surface area contributed by atoms with Crippen molar-refractivity contribution in [3.05, 3.63) is 35.8 Å². The van der Waals surface area contributed by atoms with Crippen LogP contribution in [0.25, 0.3) is 21.7 Å². The van der Waals surface area contributed by atoms with Crippen molar-refractivity contribution in [2.45, 2.75) is 18.4 Å². The second-order valence-corrected chi connectivity index (χ2v) is 6.39. The van der Waals surface area contributed by atoms with Crippen LogP contribution in [0.1, 0.15) is 12.8 Å². The Bertz CT molecular complexity index is 798. The number of nitrogens with one attached hydrogen (secondary N) is 1. The van der Waals surface area contributed by atoms with E-state index in [1.807, 2.05) is 23.6 Å². The molecule has 0 aliphatic heterocycles. The SMILES string of the molecule is COC1(CNc2nc(-c3ccccn3)nc3sccc23)CC1. The van der Waals surface area contributed by atoms with Gasteiger partial charge in [0.15, 0.2) is 5.82 Å². The molecular formula is C16H16N4OS. The Morgan fingerprint density at radius 2 is 2.18 bits per heavy atom. The first-order valence-corrected chi connectivity index (χ1v) is 8.13. The summed E-state index contributed by atoms with van der Waals surface area (Å²) < 4.78 is 5.56. The molecule has 3 aromatic rings. The van der Waals surface area contributed by atoms with Crippen molar-refractivity contribution in [3.8, 4) is 11.5 Å². The van der Waals surface area contributed by atoms with Gasteiger partial charge in [0.25, 0.3) is 0 Å². The van der Waals surface area contributed by atoms with Crippen LogP contribution in [0.3, 0.4) is 0 Å². The molecule has 1 fully saturated rings. The van der Waals surface area contributed by atoms with Gasteiger partial charge < -0.3 is 10.1 Å². The number of nitrogens with zero attached hydrogens (tertiary/aromatic N) is 3. The third kappa shape index (κ3) is 2.44. The molecule has 1 aliphatic carbocycles. The molecule has 6 heteroatoms. The predicted molar refractivity (Wildman–Crippen MR) is 88.1 cm³/mol. The molecule has 0 atom stereocenters. The van der Waals surface area contributed by atoms with Gasteiger partial charge in [-0.3, -0.25) is 4.98 Å². The molecule has 0 radical (unpaired) electrons. The summed E-state index contributed by atoms with van der Waals surface area (Å²) in [7, 11) is 1.77. The summed E-state index contributed by atoms with van der Waals surface area (Å²) in [6.07, 6.45) is 3.96. The van der Waals surface area contributed by atoms with Crippen molar-refractivity contribution in [1.29, 1.82) is 0 Å². The number of ether oxygens (including phenoxy) is 1. The number of rotatable bonds is 5. The lowest BCUT2D eigenvalue weighted by Gasteiger charge is -2.15. The van der Waals surface area contributed by atoms with Gasteiger partial charge in [-0.25, -0.2) is 9.97 Å². The Hall–Kier alpha value is -2.05. The van der Waals surface area contributed by atoms with E-state index in [0.717, 1.165) is 41.1 Å². The van der Waals surface area contributed by atoms with Gasteiger partial charge in [0.05, 0.1) is 11.0 Å². The zero-order chi connectivity index (χ0) is 15.0. The monoisotopic (exact) mass is 312 g/mol. The highest BCUT2D eigenvalue weighted by molar-refractivity contribution is 7.16. The molecule has 3 heterocycles. The van der Waals surface area contributed by atoms with Gasteiger partial charge in [0.1, 0.15) is 16.3 Å². The molecule has 0 aromatic carbocycles. The standard InChI is InChI=1S/C16H16N4OS/c1-21-16(6-7-16)10-18-13-11-5-9-22-15(11)20-14(19-13)12-4-2-3-8-17-12/h2-5,8-9H,6-7,10H2,1H3,(H,18,19,20). The fraction of sp³-hybridized carbons (Fsp3) is 0.312. The second kappa shape index (κ2) is 5.30. The summed E-state index contributed by atoms with van der Waals surface area (Å²) in [6.45, 7) is 0.771. The molecule has 112 valence electrons. The number of thiophene rings is 1. The fourth-order valence-corrected chi connectivity index (χ4v) is 3.20.